The first-order valence-electron chi connectivity index (χ1n) is 4.31. The Morgan fingerprint density at radius 3 is 3.17 bits per heavy atom. The standard InChI is InChI=1S/C8H13N3O/c12-8-10-3-4-11(8)6-7-1-2-9-5-7/h3-4,7,9H,1-2,5-6H2,(H,10,12). The van der Waals surface area contributed by atoms with Crippen molar-refractivity contribution < 1.29 is 0 Å². The maximum atomic E-state index is 11.1. The fourth-order valence-electron chi connectivity index (χ4n) is 1.64. The molecule has 1 aromatic rings. The second kappa shape index (κ2) is 3.15. The van der Waals surface area contributed by atoms with E-state index in [-0.39, 0.29) is 5.69 Å². The molecule has 0 aliphatic carbocycles. The lowest BCUT2D eigenvalue weighted by atomic mass is 10.1. The molecule has 0 radical (unpaired) electrons. The number of rotatable bonds is 2. The van der Waals surface area contributed by atoms with Gasteiger partial charge >= 0.3 is 5.69 Å². The van der Waals surface area contributed by atoms with Gasteiger partial charge in [-0.05, 0) is 25.4 Å². The lowest BCUT2D eigenvalue weighted by molar-refractivity contribution is 0.473. The highest BCUT2D eigenvalue weighted by Gasteiger charge is 2.14. The second-order valence-electron chi connectivity index (χ2n) is 3.28. The molecule has 0 saturated carbocycles. The van der Waals surface area contributed by atoms with E-state index in [0.717, 1.165) is 19.6 Å². The van der Waals surface area contributed by atoms with Gasteiger partial charge < -0.3 is 10.3 Å². The van der Waals surface area contributed by atoms with E-state index >= 15 is 0 Å². The van der Waals surface area contributed by atoms with Crippen molar-refractivity contribution in [2.45, 2.75) is 13.0 Å². The summed E-state index contributed by atoms with van der Waals surface area (Å²) in [4.78, 5) is 13.7. The Bertz CT molecular complexity index is 295. The minimum Gasteiger partial charge on any atom is -0.316 e. The average Bonchev–Trinajstić information content (AvgIpc) is 2.65. The van der Waals surface area contributed by atoms with Crippen LogP contribution in [0.5, 0.6) is 0 Å². The molecule has 66 valence electrons. The van der Waals surface area contributed by atoms with Gasteiger partial charge in [0.2, 0.25) is 0 Å². The summed E-state index contributed by atoms with van der Waals surface area (Å²) in [7, 11) is 0. The van der Waals surface area contributed by atoms with E-state index in [1.54, 1.807) is 17.0 Å². The molecular formula is C8H13N3O. The van der Waals surface area contributed by atoms with Crippen LogP contribution in [0.4, 0.5) is 0 Å². The topological polar surface area (TPSA) is 49.8 Å². The van der Waals surface area contributed by atoms with E-state index in [1.807, 2.05) is 0 Å². The van der Waals surface area contributed by atoms with Crippen LogP contribution in [-0.2, 0) is 6.54 Å². The summed E-state index contributed by atoms with van der Waals surface area (Å²) in [6.07, 6.45) is 4.67. The monoisotopic (exact) mass is 167 g/mol. The molecule has 1 aliphatic heterocycles. The summed E-state index contributed by atoms with van der Waals surface area (Å²) in [5, 5.41) is 3.28. The molecule has 12 heavy (non-hydrogen) atoms. The lowest BCUT2D eigenvalue weighted by Crippen LogP contribution is -2.22. The van der Waals surface area contributed by atoms with E-state index in [1.165, 1.54) is 6.42 Å². The summed E-state index contributed by atoms with van der Waals surface area (Å²) in [6, 6.07) is 0. The second-order valence-corrected chi connectivity index (χ2v) is 3.28. The van der Waals surface area contributed by atoms with Crippen LogP contribution in [0.2, 0.25) is 0 Å². The molecule has 0 amide bonds. The van der Waals surface area contributed by atoms with E-state index in [9.17, 15) is 4.79 Å². The average molecular weight is 167 g/mol. The zero-order valence-electron chi connectivity index (χ0n) is 6.92. The van der Waals surface area contributed by atoms with E-state index < -0.39 is 0 Å². The van der Waals surface area contributed by atoms with Gasteiger partial charge in [0, 0.05) is 18.9 Å². The number of aromatic amines is 1. The fraction of sp³-hybridized carbons (Fsp3) is 0.625. The maximum Gasteiger partial charge on any atom is 0.325 e. The maximum absolute atomic E-state index is 11.1. The third-order valence-corrected chi connectivity index (χ3v) is 2.34. The molecule has 4 heteroatoms. The summed E-state index contributed by atoms with van der Waals surface area (Å²) in [6.45, 7) is 2.97. The van der Waals surface area contributed by atoms with Crippen molar-refractivity contribution in [3.63, 3.8) is 0 Å². The lowest BCUT2D eigenvalue weighted by Gasteiger charge is -2.06. The molecule has 0 aromatic carbocycles. The first-order valence-corrected chi connectivity index (χ1v) is 4.31. The number of hydrogen-bond acceptors (Lipinski definition) is 2. The molecule has 2 N–H and O–H groups in total. The molecule has 1 saturated heterocycles. The zero-order valence-corrected chi connectivity index (χ0v) is 6.92. The molecule has 0 spiro atoms. The van der Waals surface area contributed by atoms with Gasteiger partial charge in [-0.1, -0.05) is 0 Å². The smallest absolute Gasteiger partial charge is 0.316 e. The van der Waals surface area contributed by atoms with Gasteiger partial charge in [-0.3, -0.25) is 4.57 Å². The molecule has 1 aromatic heterocycles. The van der Waals surface area contributed by atoms with Gasteiger partial charge in [0.25, 0.3) is 0 Å². The predicted octanol–water partition coefficient (Wildman–Crippen LogP) is -0.214. The predicted molar refractivity (Wildman–Crippen MR) is 46.0 cm³/mol. The quantitative estimate of drug-likeness (QED) is 0.640. The molecule has 1 fully saturated rings. The largest absolute Gasteiger partial charge is 0.325 e. The number of nitrogens with zero attached hydrogens (tertiary/aromatic N) is 1. The van der Waals surface area contributed by atoms with Gasteiger partial charge in [-0.2, -0.15) is 0 Å². The summed E-state index contributed by atoms with van der Waals surface area (Å²) in [5.74, 6) is 0.624. The third-order valence-electron chi connectivity index (χ3n) is 2.34. The number of aromatic nitrogens is 2. The molecular weight excluding hydrogens is 154 g/mol. The first-order chi connectivity index (χ1) is 5.86. The number of imidazole rings is 1. The van der Waals surface area contributed by atoms with Crippen LogP contribution in [0.3, 0.4) is 0 Å². The van der Waals surface area contributed by atoms with Crippen LogP contribution >= 0.6 is 0 Å². The van der Waals surface area contributed by atoms with E-state index in [0.29, 0.717) is 5.92 Å². The van der Waals surface area contributed by atoms with Crippen LogP contribution in [0.1, 0.15) is 6.42 Å². The highest BCUT2D eigenvalue weighted by Crippen LogP contribution is 2.08. The Kier molecular flexibility index (Phi) is 1.99. The molecule has 0 bridgehead atoms. The van der Waals surface area contributed by atoms with Crippen LogP contribution < -0.4 is 11.0 Å². The van der Waals surface area contributed by atoms with Gasteiger partial charge in [-0.15, -0.1) is 0 Å². The number of hydrogen-bond donors (Lipinski definition) is 2. The Morgan fingerprint density at radius 1 is 1.67 bits per heavy atom. The van der Waals surface area contributed by atoms with Crippen molar-refractivity contribution >= 4 is 0 Å². The van der Waals surface area contributed by atoms with Crippen molar-refractivity contribution in [3.05, 3.63) is 22.9 Å². The van der Waals surface area contributed by atoms with Gasteiger partial charge in [-0.25, -0.2) is 4.79 Å². The highest BCUT2D eigenvalue weighted by molar-refractivity contribution is 4.79. The Hall–Kier alpha value is -1.03. The van der Waals surface area contributed by atoms with Gasteiger partial charge in [0.1, 0.15) is 0 Å². The number of nitrogens with one attached hydrogen (secondary N) is 2. The minimum atomic E-state index is 0.00176. The molecule has 2 rings (SSSR count). The molecule has 1 unspecified atom stereocenters. The number of H-pyrrole nitrogens is 1. The van der Waals surface area contributed by atoms with Crippen molar-refractivity contribution in [2.75, 3.05) is 13.1 Å². The molecule has 4 nitrogen and oxygen atoms in total. The summed E-state index contributed by atoms with van der Waals surface area (Å²) in [5.41, 5.74) is 0.00176. The first kappa shape index (κ1) is 7.61. The summed E-state index contributed by atoms with van der Waals surface area (Å²) >= 11 is 0. The van der Waals surface area contributed by atoms with E-state index in [2.05, 4.69) is 10.3 Å². The molecule has 2 heterocycles. The Morgan fingerprint density at radius 2 is 2.58 bits per heavy atom. The van der Waals surface area contributed by atoms with Gasteiger partial charge in [0.05, 0.1) is 0 Å². The molecule has 1 aliphatic rings. The van der Waals surface area contributed by atoms with Crippen LogP contribution in [-0.4, -0.2) is 22.6 Å². The van der Waals surface area contributed by atoms with Crippen molar-refractivity contribution in [1.29, 1.82) is 0 Å². The fourth-order valence-corrected chi connectivity index (χ4v) is 1.64. The highest BCUT2D eigenvalue weighted by atomic mass is 16.1. The van der Waals surface area contributed by atoms with Gasteiger partial charge in [0.15, 0.2) is 0 Å². The Labute approximate surface area is 70.6 Å². The normalized spacial score (nSPS) is 23.2. The third kappa shape index (κ3) is 1.43. The van der Waals surface area contributed by atoms with Crippen LogP contribution in [0.25, 0.3) is 0 Å². The van der Waals surface area contributed by atoms with Crippen molar-refractivity contribution in [3.8, 4) is 0 Å². The molecule has 1 atom stereocenters. The zero-order chi connectivity index (χ0) is 8.39. The summed E-state index contributed by atoms with van der Waals surface area (Å²) < 4.78 is 1.73. The van der Waals surface area contributed by atoms with Crippen LogP contribution in [0, 0.1) is 5.92 Å². The van der Waals surface area contributed by atoms with Crippen LogP contribution in [0.15, 0.2) is 17.2 Å². The SMILES string of the molecule is O=c1[nH]ccn1CC1CCNC1. The van der Waals surface area contributed by atoms with Crippen molar-refractivity contribution in [1.82, 2.24) is 14.9 Å². The van der Waals surface area contributed by atoms with E-state index in [4.69, 9.17) is 0 Å². The van der Waals surface area contributed by atoms with Crippen molar-refractivity contribution in [2.24, 2.45) is 5.92 Å². The Balaban J connectivity index is 2.03. The minimum absolute atomic E-state index is 0.00176.